The molecule has 2 aromatic heterocycles. The van der Waals surface area contributed by atoms with Gasteiger partial charge in [-0.3, -0.25) is 4.79 Å². The Bertz CT molecular complexity index is 606. The van der Waals surface area contributed by atoms with Gasteiger partial charge in [0.05, 0.1) is 12.3 Å². The van der Waals surface area contributed by atoms with Crippen molar-refractivity contribution in [3.8, 4) is 0 Å². The smallest absolute Gasteiger partial charge is 0.325 e. The number of carbonyl (C=O) groups excluding carboxylic acids is 1. The lowest BCUT2D eigenvalue weighted by atomic mass is 10.3. The van der Waals surface area contributed by atoms with Gasteiger partial charge < -0.3 is 9.64 Å². The molecule has 108 valence electrons. The number of aromatic nitrogens is 3. The molecule has 2 aromatic rings. The van der Waals surface area contributed by atoms with Gasteiger partial charge in [0.1, 0.15) is 12.1 Å². The summed E-state index contributed by atoms with van der Waals surface area (Å²) in [5, 5.41) is 4.36. The quantitative estimate of drug-likeness (QED) is 0.780. The second-order valence-electron chi connectivity index (χ2n) is 4.89. The number of anilines is 1. The van der Waals surface area contributed by atoms with Gasteiger partial charge >= 0.3 is 5.97 Å². The number of fused-ring (bicyclic) bond motifs is 1. The third-order valence-corrected chi connectivity index (χ3v) is 2.99. The summed E-state index contributed by atoms with van der Waals surface area (Å²) in [6.07, 6.45) is 3.49. The summed E-state index contributed by atoms with van der Waals surface area (Å²) in [6.45, 7) is 8.34. The lowest BCUT2D eigenvalue weighted by molar-refractivity contribution is -0.141. The van der Waals surface area contributed by atoms with Crippen molar-refractivity contribution >= 4 is 17.3 Å². The minimum atomic E-state index is -0.249. The first-order chi connectivity index (χ1) is 9.52. The highest BCUT2D eigenvalue weighted by Gasteiger charge is 2.19. The highest BCUT2D eigenvalue weighted by Crippen LogP contribution is 2.21. The van der Waals surface area contributed by atoms with Crippen molar-refractivity contribution < 1.29 is 9.53 Å². The summed E-state index contributed by atoms with van der Waals surface area (Å²) in [7, 11) is 0. The summed E-state index contributed by atoms with van der Waals surface area (Å²) in [4.78, 5) is 18.1. The van der Waals surface area contributed by atoms with Crippen LogP contribution in [0.4, 0.5) is 5.82 Å². The molecule has 0 N–H and O–H groups in total. The molecule has 0 radical (unpaired) electrons. The molecular formula is C14H20N4O2. The number of rotatable bonds is 5. The van der Waals surface area contributed by atoms with Gasteiger partial charge in [-0.25, -0.2) is 9.50 Å². The van der Waals surface area contributed by atoms with E-state index in [2.05, 4.69) is 10.1 Å². The van der Waals surface area contributed by atoms with Gasteiger partial charge in [0, 0.05) is 18.4 Å². The highest BCUT2D eigenvalue weighted by atomic mass is 16.5. The van der Waals surface area contributed by atoms with Crippen molar-refractivity contribution in [1.29, 1.82) is 0 Å². The van der Waals surface area contributed by atoms with Crippen molar-refractivity contribution in [2.75, 3.05) is 18.1 Å². The molecule has 0 fully saturated rings. The molecule has 0 unspecified atom stereocenters. The number of ether oxygens (including phenoxy) is 1. The van der Waals surface area contributed by atoms with Crippen LogP contribution in [0.1, 0.15) is 26.5 Å². The Hall–Kier alpha value is -2.11. The molecule has 0 aliphatic carbocycles. The average molecular weight is 276 g/mol. The zero-order valence-electron chi connectivity index (χ0n) is 12.3. The standard InChI is InChI=1S/C14H20N4O2/c1-5-20-13(19)9-17(10(2)3)14-12-8-11(4)16-18(12)7-6-15-14/h6-8,10H,5,9H2,1-4H3. The Kier molecular flexibility index (Phi) is 4.22. The molecule has 20 heavy (non-hydrogen) atoms. The van der Waals surface area contributed by atoms with E-state index in [1.54, 1.807) is 23.8 Å². The molecule has 0 saturated heterocycles. The maximum Gasteiger partial charge on any atom is 0.325 e. The molecule has 2 rings (SSSR count). The van der Waals surface area contributed by atoms with Crippen LogP contribution in [-0.2, 0) is 9.53 Å². The van der Waals surface area contributed by atoms with Crippen LogP contribution in [0.15, 0.2) is 18.5 Å². The van der Waals surface area contributed by atoms with E-state index in [9.17, 15) is 4.79 Å². The fourth-order valence-corrected chi connectivity index (χ4v) is 2.10. The fraction of sp³-hybridized carbons (Fsp3) is 0.500. The third-order valence-electron chi connectivity index (χ3n) is 2.99. The molecule has 6 nitrogen and oxygen atoms in total. The van der Waals surface area contributed by atoms with Gasteiger partial charge in [-0.2, -0.15) is 5.10 Å². The first kappa shape index (κ1) is 14.3. The Morgan fingerprint density at radius 2 is 2.25 bits per heavy atom. The molecule has 0 spiro atoms. The molecule has 0 aromatic carbocycles. The van der Waals surface area contributed by atoms with Crippen molar-refractivity contribution in [3.05, 3.63) is 24.2 Å². The van der Waals surface area contributed by atoms with Crippen LogP contribution in [0.5, 0.6) is 0 Å². The largest absolute Gasteiger partial charge is 0.465 e. The van der Waals surface area contributed by atoms with E-state index < -0.39 is 0 Å². The molecule has 0 aliphatic heterocycles. The summed E-state index contributed by atoms with van der Waals surface area (Å²) in [5.41, 5.74) is 1.81. The van der Waals surface area contributed by atoms with Crippen LogP contribution in [0, 0.1) is 6.92 Å². The number of esters is 1. The minimum absolute atomic E-state index is 0.133. The van der Waals surface area contributed by atoms with E-state index in [-0.39, 0.29) is 18.6 Å². The summed E-state index contributed by atoms with van der Waals surface area (Å²) >= 11 is 0. The van der Waals surface area contributed by atoms with Crippen molar-refractivity contribution in [2.24, 2.45) is 0 Å². The van der Waals surface area contributed by atoms with E-state index >= 15 is 0 Å². The SMILES string of the molecule is CCOC(=O)CN(c1nccn2nc(C)cc12)C(C)C. The molecule has 0 aliphatic rings. The highest BCUT2D eigenvalue weighted by molar-refractivity contribution is 5.79. The van der Waals surface area contributed by atoms with Crippen LogP contribution in [0.3, 0.4) is 0 Å². The number of carbonyl (C=O) groups is 1. The van der Waals surface area contributed by atoms with Gasteiger partial charge in [-0.15, -0.1) is 0 Å². The van der Waals surface area contributed by atoms with Gasteiger partial charge in [0.25, 0.3) is 0 Å². The predicted molar refractivity (Wildman–Crippen MR) is 76.8 cm³/mol. The van der Waals surface area contributed by atoms with Gasteiger partial charge in [0.15, 0.2) is 5.82 Å². The predicted octanol–water partition coefficient (Wildman–Crippen LogP) is 1.82. The molecule has 0 saturated carbocycles. The second-order valence-corrected chi connectivity index (χ2v) is 4.89. The summed E-state index contributed by atoms with van der Waals surface area (Å²) in [5.74, 6) is 0.498. The molecule has 6 heteroatoms. The Morgan fingerprint density at radius 3 is 2.90 bits per heavy atom. The first-order valence-corrected chi connectivity index (χ1v) is 6.76. The Labute approximate surface area is 118 Å². The minimum Gasteiger partial charge on any atom is -0.465 e. The fourth-order valence-electron chi connectivity index (χ4n) is 2.10. The Morgan fingerprint density at radius 1 is 1.50 bits per heavy atom. The van der Waals surface area contributed by atoms with Crippen LogP contribution in [0.25, 0.3) is 5.52 Å². The Balaban J connectivity index is 2.38. The summed E-state index contributed by atoms with van der Waals surface area (Å²) in [6, 6.07) is 2.09. The zero-order valence-corrected chi connectivity index (χ0v) is 12.3. The maximum atomic E-state index is 11.8. The van der Waals surface area contributed by atoms with Crippen molar-refractivity contribution in [2.45, 2.75) is 33.7 Å². The molecule has 0 atom stereocenters. The van der Waals surface area contributed by atoms with Gasteiger partial charge in [-0.05, 0) is 33.8 Å². The second kappa shape index (κ2) is 5.90. The van der Waals surface area contributed by atoms with Gasteiger partial charge in [-0.1, -0.05) is 0 Å². The number of hydrogen-bond acceptors (Lipinski definition) is 5. The van der Waals surface area contributed by atoms with Gasteiger partial charge in [0.2, 0.25) is 0 Å². The average Bonchev–Trinajstić information content (AvgIpc) is 2.76. The number of hydrogen-bond donors (Lipinski definition) is 0. The monoisotopic (exact) mass is 276 g/mol. The van der Waals surface area contributed by atoms with Crippen LogP contribution < -0.4 is 4.90 Å². The number of nitrogens with zero attached hydrogens (tertiary/aromatic N) is 4. The lowest BCUT2D eigenvalue weighted by Crippen LogP contribution is -2.37. The van der Waals surface area contributed by atoms with E-state index in [0.29, 0.717) is 6.61 Å². The molecule has 2 heterocycles. The number of aryl methyl sites for hydroxylation is 1. The molecular weight excluding hydrogens is 256 g/mol. The van der Waals surface area contributed by atoms with Crippen LogP contribution >= 0.6 is 0 Å². The maximum absolute atomic E-state index is 11.8. The third kappa shape index (κ3) is 2.89. The van der Waals surface area contributed by atoms with Crippen LogP contribution in [0.2, 0.25) is 0 Å². The van der Waals surface area contributed by atoms with E-state index in [1.165, 1.54) is 0 Å². The van der Waals surface area contributed by atoms with Crippen molar-refractivity contribution in [3.63, 3.8) is 0 Å². The van der Waals surface area contributed by atoms with Crippen LogP contribution in [-0.4, -0.2) is 39.8 Å². The molecule has 0 bridgehead atoms. The van der Waals surface area contributed by atoms with E-state index in [0.717, 1.165) is 17.0 Å². The topological polar surface area (TPSA) is 59.7 Å². The van der Waals surface area contributed by atoms with E-state index in [1.807, 2.05) is 31.7 Å². The first-order valence-electron chi connectivity index (χ1n) is 6.76. The zero-order chi connectivity index (χ0) is 14.7. The van der Waals surface area contributed by atoms with Crippen molar-refractivity contribution in [1.82, 2.24) is 14.6 Å². The normalized spacial score (nSPS) is 11.1. The molecule has 0 amide bonds. The van der Waals surface area contributed by atoms with E-state index in [4.69, 9.17) is 4.74 Å². The summed E-state index contributed by atoms with van der Waals surface area (Å²) < 4.78 is 6.81. The lowest BCUT2D eigenvalue weighted by Gasteiger charge is -2.27.